The number of halogens is 1. The van der Waals surface area contributed by atoms with Crippen LogP contribution in [0.3, 0.4) is 0 Å². The Bertz CT molecular complexity index is 553. The molecule has 0 bridgehead atoms. The molecule has 1 rings (SSSR count). The van der Waals surface area contributed by atoms with E-state index in [2.05, 4.69) is 19.6 Å². The Morgan fingerprint density at radius 2 is 1.95 bits per heavy atom. The van der Waals surface area contributed by atoms with Gasteiger partial charge in [-0.05, 0) is 11.3 Å². The number of rotatable bonds is 6. The lowest BCUT2D eigenvalue weighted by molar-refractivity contribution is 0.0985. The van der Waals surface area contributed by atoms with Gasteiger partial charge in [-0.25, -0.2) is 9.65 Å². The first-order chi connectivity index (χ1) is 9.02. The predicted molar refractivity (Wildman–Crippen MR) is 83.4 cm³/mol. The van der Waals surface area contributed by atoms with Crippen molar-refractivity contribution in [3.8, 4) is 0 Å². The molecule has 0 radical (unpaired) electrons. The van der Waals surface area contributed by atoms with Gasteiger partial charge in [-0.3, -0.25) is 4.79 Å². The van der Waals surface area contributed by atoms with E-state index in [0.717, 1.165) is 5.19 Å². The molecule has 0 spiro atoms. The molecule has 0 saturated carbocycles. The molecule has 0 aliphatic carbocycles. The zero-order valence-electron chi connectivity index (χ0n) is 11.7. The molecular weight excluding hydrogens is 317 g/mol. The molecule has 3 N–H and O–H groups in total. The SMILES string of the molecule is C[Si](C)(C)c1cccc(Cl)c1C(=O)CCNP(=O)(O)O. The van der Waals surface area contributed by atoms with Crippen LogP contribution < -0.4 is 10.3 Å². The third-order valence-electron chi connectivity index (χ3n) is 2.77. The van der Waals surface area contributed by atoms with E-state index in [1.807, 2.05) is 17.2 Å². The molecular formula is C12H19ClNO4PSi. The average molecular weight is 336 g/mol. The summed E-state index contributed by atoms with van der Waals surface area (Å²) in [6.07, 6.45) is -0.00762. The van der Waals surface area contributed by atoms with Crippen LogP contribution in [0, 0.1) is 0 Å². The number of carbonyl (C=O) groups excluding carboxylic acids is 1. The Morgan fingerprint density at radius 1 is 1.35 bits per heavy atom. The Hall–Kier alpha value is -0.493. The minimum absolute atomic E-state index is 0.00762. The second kappa shape index (κ2) is 6.51. The van der Waals surface area contributed by atoms with Crippen LogP contribution in [0.5, 0.6) is 0 Å². The average Bonchev–Trinajstić information content (AvgIpc) is 2.25. The van der Waals surface area contributed by atoms with Crippen LogP contribution in [-0.4, -0.2) is 30.2 Å². The van der Waals surface area contributed by atoms with Gasteiger partial charge in [-0.15, -0.1) is 0 Å². The Kier molecular flexibility index (Phi) is 5.72. The van der Waals surface area contributed by atoms with E-state index < -0.39 is 15.8 Å². The molecule has 0 amide bonds. The minimum atomic E-state index is -4.30. The fourth-order valence-corrected chi connectivity index (χ4v) is 4.26. The summed E-state index contributed by atoms with van der Waals surface area (Å²) in [6.45, 7) is 6.26. The number of hydrogen-bond acceptors (Lipinski definition) is 2. The molecule has 8 heteroatoms. The number of ketones is 1. The zero-order chi connectivity index (χ0) is 15.6. The monoisotopic (exact) mass is 335 g/mol. The molecule has 0 atom stereocenters. The molecule has 112 valence electrons. The highest BCUT2D eigenvalue weighted by Crippen LogP contribution is 2.27. The summed E-state index contributed by atoms with van der Waals surface area (Å²) in [5.74, 6) is -0.200. The largest absolute Gasteiger partial charge is 0.400 e. The Morgan fingerprint density at radius 3 is 2.45 bits per heavy atom. The van der Waals surface area contributed by atoms with E-state index >= 15 is 0 Å². The van der Waals surface area contributed by atoms with Crippen LogP contribution in [0.2, 0.25) is 24.7 Å². The van der Waals surface area contributed by atoms with E-state index in [0.29, 0.717) is 10.6 Å². The lowest BCUT2D eigenvalue weighted by Crippen LogP contribution is -2.41. The van der Waals surface area contributed by atoms with Crippen molar-refractivity contribution in [1.82, 2.24) is 5.09 Å². The first-order valence-corrected chi connectivity index (χ1v) is 11.6. The van der Waals surface area contributed by atoms with Gasteiger partial charge in [-0.1, -0.05) is 43.4 Å². The quantitative estimate of drug-likeness (QED) is 0.421. The Labute approximate surface area is 124 Å². The topological polar surface area (TPSA) is 86.6 Å². The summed E-state index contributed by atoms with van der Waals surface area (Å²) in [7, 11) is -6.02. The van der Waals surface area contributed by atoms with Crippen molar-refractivity contribution in [2.75, 3.05) is 6.54 Å². The third kappa shape index (κ3) is 5.13. The molecule has 0 heterocycles. The molecule has 20 heavy (non-hydrogen) atoms. The zero-order valence-corrected chi connectivity index (χ0v) is 14.3. The van der Waals surface area contributed by atoms with Gasteiger partial charge in [0, 0.05) is 18.5 Å². The van der Waals surface area contributed by atoms with Gasteiger partial charge in [0.15, 0.2) is 5.78 Å². The first kappa shape index (κ1) is 17.6. The van der Waals surface area contributed by atoms with Gasteiger partial charge in [0.1, 0.15) is 0 Å². The van der Waals surface area contributed by atoms with Crippen molar-refractivity contribution < 1.29 is 19.1 Å². The van der Waals surface area contributed by atoms with E-state index in [1.165, 1.54) is 0 Å². The van der Waals surface area contributed by atoms with Crippen LogP contribution in [0.15, 0.2) is 18.2 Å². The number of nitrogens with one attached hydrogen (secondary N) is 1. The lowest BCUT2D eigenvalue weighted by Gasteiger charge is -2.21. The fourth-order valence-electron chi connectivity index (χ4n) is 1.87. The molecule has 0 unspecified atom stereocenters. The third-order valence-corrected chi connectivity index (χ3v) is 5.75. The summed E-state index contributed by atoms with van der Waals surface area (Å²) < 4.78 is 10.7. The smallest absolute Gasteiger partial charge is 0.313 e. The summed E-state index contributed by atoms with van der Waals surface area (Å²) in [5, 5.41) is 3.37. The number of benzene rings is 1. The second-order valence-electron chi connectivity index (χ2n) is 5.54. The second-order valence-corrected chi connectivity index (χ2v) is 12.4. The van der Waals surface area contributed by atoms with Gasteiger partial charge in [0.05, 0.1) is 13.1 Å². The van der Waals surface area contributed by atoms with Crippen LogP contribution in [0.4, 0.5) is 0 Å². The maximum Gasteiger partial charge on any atom is 0.400 e. The van der Waals surface area contributed by atoms with E-state index in [-0.39, 0.29) is 18.7 Å². The van der Waals surface area contributed by atoms with E-state index in [9.17, 15) is 9.36 Å². The summed E-state index contributed by atoms with van der Waals surface area (Å²) in [6, 6.07) is 5.39. The summed E-state index contributed by atoms with van der Waals surface area (Å²) >= 11 is 6.13. The van der Waals surface area contributed by atoms with Gasteiger partial charge < -0.3 is 9.79 Å². The van der Waals surface area contributed by atoms with E-state index in [4.69, 9.17) is 21.4 Å². The molecule has 0 aromatic heterocycles. The highest BCUT2D eigenvalue weighted by atomic mass is 35.5. The van der Waals surface area contributed by atoms with Gasteiger partial charge in [0.25, 0.3) is 0 Å². The lowest BCUT2D eigenvalue weighted by atomic mass is 10.1. The molecule has 1 aromatic carbocycles. The van der Waals surface area contributed by atoms with Gasteiger partial charge >= 0.3 is 7.75 Å². The normalized spacial score (nSPS) is 12.5. The molecule has 0 fully saturated rings. The predicted octanol–water partition coefficient (Wildman–Crippen LogP) is 2.14. The summed E-state index contributed by atoms with van der Waals surface area (Å²) in [5.41, 5.74) is 0.487. The van der Waals surface area contributed by atoms with Crippen molar-refractivity contribution in [2.24, 2.45) is 0 Å². The minimum Gasteiger partial charge on any atom is -0.313 e. The highest BCUT2D eigenvalue weighted by molar-refractivity contribution is 7.49. The van der Waals surface area contributed by atoms with Gasteiger partial charge in [-0.2, -0.15) is 0 Å². The van der Waals surface area contributed by atoms with Crippen molar-refractivity contribution >= 4 is 38.4 Å². The first-order valence-electron chi connectivity index (χ1n) is 6.15. The molecule has 0 aliphatic heterocycles. The van der Waals surface area contributed by atoms with Crippen LogP contribution >= 0.6 is 19.3 Å². The van der Waals surface area contributed by atoms with Crippen LogP contribution in [0.1, 0.15) is 16.8 Å². The van der Waals surface area contributed by atoms with Gasteiger partial charge in [0.2, 0.25) is 0 Å². The molecule has 0 saturated heterocycles. The Balaban J connectivity index is 2.96. The standard InChI is InChI=1S/C12H19ClNO4PSi/c1-20(2,3)11-6-4-5-9(13)12(11)10(15)7-8-14-19(16,17)18/h4-6H,7-8H2,1-3H3,(H3,14,16,17,18). The van der Waals surface area contributed by atoms with Crippen molar-refractivity contribution in [2.45, 2.75) is 26.1 Å². The highest BCUT2D eigenvalue weighted by Gasteiger charge is 2.25. The molecule has 1 aromatic rings. The van der Waals surface area contributed by atoms with Crippen molar-refractivity contribution in [1.29, 1.82) is 0 Å². The summed E-state index contributed by atoms with van der Waals surface area (Å²) in [4.78, 5) is 29.7. The molecule has 5 nitrogen and oxygen atoms in total. The van der Waals surface area contributed by atoms with E-state index in [1.54, 1.807) is 6.07 Å². The van der Waals surface area contributed by atoms with Crippen molar-refractivity contribution in [3.63, 3.8) is 0 Å². The molecule has 0 aliphatic rings. The fraction of sp³-hybridized carbons (Fsp3) is 0.417. The van der Waals surface area contributed by atoms with Crippen molar-refractivity contribution in [3.05, 3.63) is 28.8 Å². The maximum absolute atomic E-state index is 12.3. The number of hydrogen-bond donors (Lipinski definition) is 3. The van der Waals surface area contributed by atoms with Crippen LogP contribution in [-0.2, 0) is 4.57 Å². The van der Waals surface area contributed by atoms with Crippen LogP contribution in [0.25, 0.3) is 0 Å². The number of Topliss-reactive ketones (excluding diaryl/α,β-unsaturated/α-hetero) is 1. The number of carbonyl (C=O) groups is 1. The maximum atomic E-state index is 12.3.